The van der Waals surface area contributed by atoms with Crippen molar-refractivity contribution in [2.45, 2.75) is 344 Å². The van der Waals surface area contributed by atoms with Gasteiger partial charge in [0, 0.05) is 6.42 Å². The summed E-state index contributed by atoms with van der Waals surface area (Å²) in [6.07, 6.45) is 56.9. The van der Waals surface area contributed by atoms with Crippen molar-refractivity contribution < 1.29 is 64.6 Å². The minimum absolute atomic E-state index is 0.256. The molecule has 0 aliphatic carbocycles. The third-order valence-electron chi connectivity index (χ3n) is 16.4. The second kappa shape index (κ2) is 54.6. The molecule has 14 nitrogen and oxygen atoms in total. The van der Waals surface area contributed by atoms with Crippen molar-refractivity contribution in [1.82, 2.24) is 5.32 Å². The first-order chi connectivity index (χ1) is 41.1. The lowest BCUT2D eigenvalue weighted by Crippen LogP contribution is -2.65. The van der Waals surface area contributed by atoms with Crippen molar-refractivity contribution in [3.05, 3.63) is 72.9 Å². The maximum atomic E-state index is 13.3. The molecule has 0 aromatic heterocycles. The number of aliphatic hydroxyl groups is 8. The summed E-state index contributed by atoms with van der Waals surface area (Å²) >= 11 is 0. The number of hydrogen-bond donors (Lipinski definition) is 9. The van der Waals surface area contributed by atoms with Gasteiger partial charge < -0.3 is 65.1 Å². The van der Waals surface area contributed by atoms with E-state index < -0.39 is 86.8 Å². The Bertz CT molecular complexity index is 1690. The van der Waals surface area contributed by atoms with Crippen LogP contribution in [0.2, 0.25) is 0 Å². The molecular weight excluding hydrogens is 1060 g/mol. The largest absolute Gasteiger partial charge is 0.394 e. The molecule has 0 aromatic carbocycles. The second-order valence-corrected chi connectivity index (χ2v) is 23.9. The Morgan fingerprint density at radius 2 is 0.833 bits per heavy atom. The van der Waals surface area contributed by atoms with Gasteiger partial charge in [0.2, 0.25) is 5.91 Å². The minimum Gasteiger partial charge on any atom is -0.394 e. The molecule has 2 heterocycles. The summed E-state index contributed by atoms with van der Waals surface area (Å²) in [5.41, 5.74) is 0. The smallest absolute Gasteiger partial charge is 0.220 e. The highest BCUT2D eigenvalue weighted by Crippen LogP contribution is 2.30. The van der Waals surface area contributed by atoms with Crippen LogP contribution in [0.25, 0.3) is 0 Å². The maximum absolute atomic E-state index is 13.3. The van der Waals surface area contributed by atoms with Crippen molar-refractivity contribution in [3.8, 4) is 0 Å². The van der Waals surface area contributed by atoms with Crippen LogP contribution in [-0.4, -0.2) is 140 Å². The molecule has 2 saturated heterocycles. The molecule has 2 aliphatic rings. The van der Waals surface area contributed by atoms with Gasteiger partial charge in [-0.1, -0.05) is 260 Å². The Balaban J connectivity index is 1.69. The number of unbranched alkanes of at least 4 members (excludes halogenated alkanes) is 32. The summed E-state index contributed by atoms with van der Waals surface area (Å²) in [4.78, 5) is 13.3. The zero-order valence-electron chi connectivity index (χ0n) is 52.9. The van der Waals surface area contributed by atoms with Crippen LogP contribution in [0.1, 0.15) is 271 Å². The van der Waals surface area contributed by atoms with E-state index in [1.54, 1.807) is 6.08 Å². The number of rotatable bonds is 55. The van der Waals surface area contributed by atoms with E-state index in [0.717, 1.165) is 83.5 Å². The average molecular weight is 1190 g/mol. The molecule has 0 saturated carbocycles. The van der Waals surface area contributed by atoms with E-state index in [9.17, 15) is 45.6 Å². The number of ether oxygens (including phenoxy) is 4. The van der Waals surface area contributed by atoms with E-state index in [2.05, 4.69) is 79.9 Å². The summed E-state index contributed by atoms with van der Waals surface area (Å²) in [7, 11) is 0. The predicted molar refractivity (Wildman–Crippen MR) is 341 cm³/mol. The molecule has 0 radical (unpaired) electrons. The van der Waals surface area contributed by atoms with Gasteiger partial charge in [-0.15, -0.1) is 0 Å². The fourth-order valence-corrected chi connectivity index (χ4v) is 10.9. The van der Waals surface area contributed by atoms with E-state index in [0.29, 0.717) is 12.8 Å². The first-order valence-electron chi connectivity index (χ1n) is 34.2. The van der Waals surface area contributed by atoms with Crippen LogP contribution in [0.3, 0.4) is 0 Å². The zero-order chi connectivity index (χ0) is 60.9. The molecule has 0 aromatic rings. The van der Waals surface area contributed by atoms with Gasteiger partial charge in [0.25, 0.3) is 0 Å². The van der Waals surface area contributed by atoms with Crippen LogP contribution in [0.4, 0.5) is 0 Å². The van der Waals surface area contributed by atoms with Crippen LogP contribution in [-0.2, 0) is 23.7 Å². The third kappa shape index (κ3) is 38.7. The Labute approximate surface area is 510 Å². The van der Waals surface area contributed by atoms with Crippen molar-refractivity contribution in [2.24, 2.45) is 0 Å². The van der Waals surface area contributed by atoms with Gasteiger partial charge in [-0.25, -0.2) is 0 Å². The van der Waals surface area contributed by atoms with Crippen LogP contribution in [0.5, 0.6) is 0 Å². The Kier molecular flexibility index (Phi) is 50.4. The molecule has 12 unspecified atom stereocenters. The molecule has 0 spiro atoms. The molecule has 1 amide bonds. The van der Waals surface area contributed by atoms with E-state index in [4.69, 9.17) is 18.9 Å². The van der Waals surface area contributed by atoms with Gasteiger partial charge in [0.15, 0.2) is 12.6 Å². The Hall–Kier alpha value is -2.57. The Morgan fingerprint density at radius 1 is 0.440 bits per heavy atom. The van der Waals surface area contributed by atoms with Crippen LogP contribution < -0.4 is 5.32 Å². The number of carbonyl (C=O) groups is 1. The standard InChI is InChI=1S/C70H125NO13/c1-3-5-7-9-11-13-15-17-19-21-22-23-24-25-26-27-28-29-30-31-32-33-34-35-36-38-39-41-43-45-47-49-51-53-59(74)58(71-62(75)54-52-50-48-46-44-42-40-37-20-18-16-14-12-10-8-6-4-2)57-81-69-67(80)65(78)68(61(56-73)83-69)84-70-66(79)64(77)63(76)60(55-72)82-70/h6,8,12,14,18,20,36,38,43,45,51,53,58-61,63-70,72-74,76-80H,3-5,7,9-11,13,15-17,19,21-35,37,39-42,44,46-50,52,54-57H2,1-2H3,(H,71,75)/b8-6-,14-12-,20-18-,38-36+,45-43+,53-51+. The molecular formula is C70H125NO13. The normalized spacial score (nSPS) is 24.1. The minimum atomic E-state index is -1.80. The zero-order valence-corrected chi connectivity index (χ0v) is 52.9. The number of nitrogens with one attached hydrogen (secondary N) is 1. The molecule has 2 aliphatic heterocycles. The van der Waals surface area contributed by atoms with E-state index in [-0.39, 0.29) is 18.9 Å². The van der Waals surface area contributed by atoms with Gasteiger partial charge in [-0.2, -0.15) is 0 Å². The molecule has 12 atom stereocenters. The number of allylic oxidation sites excluding steroid dienone is 11. The number of hydrogen-bond acceptors (Lipinski definition) is 13. The second-order valence-electron chi connectivity index (χ2n) is 23.9. The average Bonchev–Trinajstić information content (AvgIpc) is 3.18. The molecule has 14 heteroatoms. The van der Waals surface area contributed by atoms with Gasteiger partial charge >= 0.3 is 0 Å². The summed E-state index contributed by atoms with van der Waals surface area (Å²) in [5, 5.41) is 87.2. The number of carbonyl (C=O) groups excluding carboxylic acids is 1. The maximum Gasteiger partial charge on any atom is 0.220 e. The summed E-state index contributed by atoms with van der Waals surface area (Å²) in [5.74, 6) is -0.264. The summed E-state index contributed by atoms with van der Waals surface area (Å²) < 4.78 is 22.8. The van der Waals surface area contributed by atoms with E-state index in [1.807, 2.05) is 6.08 Å². The summed E-state index contributed by atoms with van der Waals surface area (Å²) in [6, 6.07) is -0.948. The molecule has 9 N–H and O–H groups in total. The van der Waals surface area contributed by atoms with Gasteiger partial charge in [-0.3, -0.25) is 4.79 Å². The van der Waals surface area contributed by atoms with Crippen molar-refractivity contribution in [1.29, 1.82) is 0 Å². The molecule has 488 valence electrons. The van der Waals surface area contributed by atoms with Crippen LogP contribution in [0, 0.1) is 0 Å². The van der Waals surface area contributed by atoms with Gasteiger partial charge in [0.1, 0.15) is 48.8 Å². The highest BCUT2D eigenvalue weighted by Gasteiger charge is 2.51. The molecule has 84 heavy (non-hydrogen) atoms. The lowest BCUT2D eigenvalue weighted by atomic mass is 9.97. The molecule has 0 bridgehead atoms. The van der Waals surface area contributed by atoms with E-state index in [1.165, 1.54) is 154 Å². The number of amides is 1. The first kappa shape index (κ1) is 77.5. The monoisotopic (exact) mass is 1190 g/mol. The first-order valence-corrected chi connectivity index (χ1v) is 34.2. The van der Waals surface area contributed by atoms with Crippen molar-refractivity contribution in [2.75, 3.05) is 19.8 Å². The van der Waals surface area contributed by atoms with Crippen LogP contribution in [0.15, 0.2) is 72.9 Å². The topological polar surface area (TPSA) is 228 Å². The SMILES string of the molecule is CC/C=C\C/C=C\C/C=C\CCCCCCCCCC(=O)NC(COC1OC(CO)C(OC2OC(CO)C(O)C(O)C2O)C(O)C1O)C(O)/C=C/CC/C=C/CC/C=C/CCCCCCCCCCCCCCCCCCCCCCCCC. The quantitative estimate of drug-likeness (QED) is 0.0204. The fourth-order valence-electron chi connectivity index (χ4n) is 10.9. The Morgan fingerprint density at radius 3 is 1.31 bits per heavy atom. The predicted octanol–water partition coefficient (Wildman–Crippen LogP) is 13.5. The van der Waals surface area contributed by atoms with Crippen LogP contribution >= 0.6 is 0 Å². The number of aliphatic hydroxyl groups excluding tert-OH is 8. The molecule has 2 rings (SSSR count). The summed E-state index contributed by atoms with van der Waals surface area (Å²) in [6.45, 7) is 2.67. The lowest BCUT2D eigenvalue weighted by molar-refractivity contribution is -0.359. The highest BCUT2D eigenvalue weighted by atomic mass is 16.7. The third-order valence-corrected chi connectivity index (χ3v) is 16.4. The van der Waals surface area contributed by atoms with E-state index >= 15 is 0 Å². The van der Waals surface area contributed by atoms with Gasteiger partial charge in [-0.05, 0) is 77.0 Å². The van der Waals surface area contributed by atoms with Crippen molar-refractivity contribution in [3.63, 3.8) is 0 Å². The lowest BCUT2D eigenvalue weighted by Gasteiger charge is -2.46. The van der Waals surface area contributed by atoms with Gasteiger partial charge in [0.05, 0.1) is 32.0 Å². The molecule has 2 fully saturated rings. The van der Waals surface area contributed by atoms with Crippen molar-refractivity contribution >= 4 is 5.91 Å². The fraction of sp³-hybridized carbons (Fsp3) is 0.814. The highest BCUT2D eigenvalue weighted by molar-refractivity contribution is 5.76.